The number of carbonyl (C=O) groups excluding carboxylic acids is 1. The topological polar surface area (TPSA) is 80.5 Å². The minimum absolute atomic E-state index is 0.0476. The monoisotopic (exact) mass is 450 g/mol. The van der Waals surface area contributed by atoms with E-state index < -0.39 is 17.6 Å². The fourth-order valence-electron chi connectivity index (χ4n) is 3.49. The first-order valence-electron chi connectivity index (χ1n) is 9.73. The van der Waals surface area contributed by atoms with Gasteiger partial charge in [0, 0.05) is 26.2 Å². The van der Waals surface area contributed by atoms with Crippen molar-refractivity contribution in [1.82, 2.24) is 15.2 Å². The largest absolute Gasteiger partial charge is 0.416 e. The maximum atomic E-state index is 13.0. The lowest BCUT2D eigenvalue weighted by atomic mass is 10.2. The summed E-state index contributed by atoms with van der Waals surface area (Å²) in [6.45, 7) is 3.11. The predicted molar refractivity (Wildman–Crippen MR) is 113 cm³/mol. The highest BCUT2D eigenvalue weighted by Gasteiger charge is 2.32. The summed E-state index contributed by atoms with van der Waals surface area (Å²) in [4.78, 5) is 18.8. The zero-order valence-electron chi connectivity index (χ0n) is 16.5. The van der Waals surface area contributed by atoms with Gasteiger partial charge in [-0.1, -0.05) is 30.3 Å². The van der Waals surface area contributed by atoms with Crippen molar-refractivity contribution in [1.29, 1.82) is 0 Å². The molecule has 0 spiro atoms. The number of alkyl halides is 3. The van der Waals surface area contributed by atoms with Crippen molar-refractivity contribution >= 4 is 33.1 Å². The number of hydrogen-bond donors (Lipinski definition) is 2. The Labute approximate surface area is 180 Å². The third kappa shape index (κ3) is 5.15. The number of hydrogen-bond acceptors (Lipinski definition) is 6. The third-order valence-electron chi connectivity index (χ3n) is 5.00. The van der Waals surface area contributed by atoms with Crippen LogP contribution in [0.3, 0.4) is 0 Å². The summed E-state index contributed by atoms with van der Waals surface area (Å²) in [6, 6.07) is 11.9. The lowest BCUT2D eigenvalue weighted by Gasteiger charge is -2.33. The third-order valence-corrected chi connectivity index (χ3v) is 6.12. The summed E-state index contributed by atoms with van der Waals surface area (Å²) in [5.74, 6) is -0.460. The average Bonchev–Trinajstić information content (AvgIpc) is 3.18. The Bertz CT molecular complexity index is 1070. The van der Waals surface area contributed by atoms with Gasteiger partial charge in [-0.3, -0.25) is 9.69 Å². The van der Waals surface area contributed by atoms with Crippen molar-refractivity contribution in [3.8, 4) is 0 Å². The zero-order chi connectivity index (χ0) is 22.0. The van der Waals surface area contributed by atoms with Crippen LogP contribution in [-0.4, -0.2) is 48.1 Å². The Balaban J connectivity index is 1.38. The fourth-order valence-corrected chi connectivity index (χ4v) is 4.38. The second-order valence-electron chi connectivity index (χ2n) is 7.35. The van der Waals surface area contributed by atoms with Crippen LogP contribution in [0.1, 0.15) is 20.9 Å². The van der Waals surface area contributed by atoms with Crippen molar-refractivity contribution in [3.05, 3.63) is 58.6 Å². The van der Waals surface area contributed by atoms with Gasteiger partial charge in [-0.15, -0.1) is 11.3 Å². The van der Waals surface area contributed by atoms with Crippen LogP contribution in [0.5, 0.6) is 0 Å². The van der Waals surface area contributed by atoms with Crippen molar-refractivity contribution in [2.75, 3.05) is 32.0 Å². The Morgan fingerprint density at radius 2 is 2.06 bits per heavy atom. The minimum Gasteiger partial charge on any atom is -0.398 e. The van der Waals surface area contributed by atoms with E-state index in [1.807, 2.05) is 18.2 Å². The Kier molecular flexibility index (Phi) is 6.12. The highest BCUT2D eigenvalue weighted by Crippen LogP contribution is 2.36. The number of aromatic nitrogens is 1. The van der Waals surface area contributed by atoms with Gasteiger partial charge in [0.15, 0.2) is 5.01 Å². The number of carbonyl (C=O) groups is 1. The number of thiazole rings is 1. The smallest absolute Gasteiger partial charge is 0.398 e. The van der Waals surface area contributed by atoms with E-state index in [9.17, 15) is 18.0 Å². The number of morpholine rings is 1. The lowest BCUT2D eigenvalue weighted by Crippen LogP contribution is -2.47. The first kappa shape index (κ1) is 21.5. The molecule has 1 amide bonds. The van der Waals surface area contributed by atoms with Gasteiger partial charge in [0.2, 0.25) is 0 Å². The number of rotatable bonds is 5. The van der Waals surface area contributed by atoms with Gasteiger partial charge in [-0.25, -0.2) is 4.98 Å². The molecule has 3 N–H and O–H groups in total. The van der Waals surface area contributed by atoms with Gasteiger partial charge in [0.25, 0.3) is 5.91 Å². The molecule has 1 unspecified atom stereocenters. The number of halogens is 3. The molecule has 0 aliphatic carbocycles. The van der Waals surface area contributed by atoms with E-state index in [2.05, 4.69) is 27.3 Å². The van der Waals surface area contributed by atoms with Gasteiger partial charge in [-0.2, -0.15) is 13.2 Å². The average molecular weight is 450 g/mol. The van der Waals surface area contributed by atoms with Gasteiger partial charge < -0.3 is 15.8 Å². The van der Waals surface area contributed by atoms with Crippen LogP contribution in [0.2, 0.25) is 0 Å². The van der Waals surface area contributed by atoms with Crippen molar-refractivity contribution in [2.24, 2.45) is 0 Å². The number of nitrogen functional groups attached to an aromatic ring is 1. The highest BCUT2D eigenvalue weighted by atomic mass is 32.1. The number of amides is 1. The normalized spacial score (nSPS) is 17.7. The van der Waals surface area contributed by atoms with Crippen molar-refractivity contribution in [3.63, 3.8) is 0 Å². The zero-order valence-corrected chi connectivity index (χ0v) is 17.3. The molecule has 6 nitrogen and oxygen atoms in total. The van der Waals surface area contributed by atoms with E-state index in [4.69, 9.17) is 10.5 Å². The molecule has 1 saturated heterocycles. The number of ether oxygens (including phenoxy) is 1. The molecule has 1 aliphatic rings. The number of nitrogens with two attached hydrogens (primary N) is 1. The second-order valence-corrected chi connectivity index (χ2v) is 8.35. The molecule has 1 fully saturated rings. The van der Waals surface area contributed by atoms with Crippen LogP contribution < -0.4 is 11.1 Å². The van der Waals surface area contributed by atoms with E-state index in [0.717, 1.165) is 36.6 Å². The number of nitrogens with one attached hydrogen (secondary N) is 1. The molecule has 4 rings (SSSR count). The van der Waals surface area contributed by atoms with E-state index in [0.29, 0.717) is 17.9 Å². The molecule has 1 aliphatic heterocycles. The van der Waals surface area contributed by atoms with Crippen LogP contribution >= 0.6 is 11.3 Å². The van der Waals surface area contributed by atoms with Crippen molar-refractivity contribution < 1.29 is 22.7 Å². The highest BCUT2D eigenvalue weighted by molar-refractivity contribution is 7.20. The summed E-state index contributed by atoms with van der Waals surface area (Å²) >= 11 is 0.974. The van der Waals surface area contributed by atoms with Crippen LogP contribution in [-0.2, 0) is 17.5 Å². The number of anilines is 1. The molecule has 10 heteroatoms. The van der Waals surface area contributed by atoms with Crippen molar-refractivity contribution in [2.45, 2.75) is 18.8 Å². The van der Waals surface area contributed by atoms with E-state index >= 15 is 0 Å². The Morgan fingerprint density at radius 3 is 2.81 bits per heavy atom. The van der Waals surface area contributed by atoms with Gasteiger partial charge in [0.05, 0.1) is 34.2 Å². The molecule has 0 bridgehead atoms. The molecule has 1 aromatic heterocycles. The van der Waals surface area contributed by atoms with E-state index in [1.165, 1.54) is 5.56 Å². The summed E-state index contributed by atoms with van der Waals surface area (Å²) in [7, 11) is 0. The maximum absolute atomic E-state index is 13.0. The predicted octanol–water partition coefficient (Wildman–Crippen LogP) is 3.53. The number of fused-ring (bicyclic) bond motifs is 1. The van der Waals surface area contributed by atoms with Crippen LogP contribution in [0, 0.1) is 0 Å². The summed E-state index contributed by atoms with van der Waals surface area (Å²) in [6.07, 6.45) is -4.71. The molecule has 2 aromatic carbocycles. The lowest BCUT2D eigenvalue weighted by molar-refractivity contribution is -0.137. The summed E-state index contributed by atoms with van der Waals surface area (Å²) in [5, 5.41) is 2.84. The van der Waals surface area contributed by atoms with Gasteiger partial charge in [0.1, 0.15) is 0 Å². The molecule has 3 aromatic rings. The molecule has 31 heavy (non-hydrogen) atoms. The minimum atomic E-state index is -4.53. The summed E-state index contributed by atoms with van der Waals surface area (Å²) < 4.78 is 45.0. The van der Waals surface area contributed by atoms with Crippen LogP contribution in [0.15, 0.2) is 42.5 Å². The fraction of sp³-hybridized carbons (Fsp3) is 0.333. The standard InChI is InChI=1S/C21H21F3N4O2S/c22-21(23,24)14-8-16(25)18-17(9-14)27-20(31-18)19(29)26-10-15-12-28(6-7-30-15)11-13-4-2-1-3-5-13/h1-5,8-9,15H,6-7,10-12,25H2,(H,26,29). The molecule has 0 radical (unpaired) electrons. The first-order valence-corrected chi connectivity index (χ1v) is 10.5. The second kappa shape index (κ2) is 8.81. The number of benzene rings is 2. The maximum Gasteiger partial charge on any atom is 0.416 e. The molecule has 1 atom stereocenters. The molecular formula is C21H21F3N4O2S. The Hall–Kier alpha value is -2.69. The van der Waals surface area contributed by atoms with Gasteiger partial charge in [-0.05, 0) is 17.7 Å². The molecule has 0 saturated carbocycles. The molecule has 2 heterocycles. The first-order chi connectivity index (χ1) is 14.8. The number of nitrogens with zero attached hydrogens (tertiary/aromatic N) is 2. The molecule has 164 valence electrons. The van der Waals surface area contributed by atoms with Gasteiger partial charge >= 0.3 is 6.18 Å². The van der Waals surface area contributed by atoms with E-state index in [-0.39, 0.29) is 28.9 Å². The SMILES string of the molecule is Nc1cc(C(F)(F)F)cc2nc(C(=O)NCC3CN(Cc4ccccc4)CCO3)sc12. The molecular weight excluding hydrogens is 429 g/mol. The summed E-state index contributed by atoms with van der Waals surface area (Å²) in [5.41, 5.74) is 6.08. The quantitative estimate of drug-likeness (QED) is 0.582. The van der Waals surface area contributed by atoms with Crippen LogP contribution in [0.4, 0.5) is 18.9 Å². The van der Waals surface area contributed by atoms with Crippen LogP contribution in [0.25, 0.3) is 10.2 Å². The Morgan fingerprint density at radius 1 is 1.29 bits per heavy atom. The van der Waals surface area contributed by atoms with E-state index in [1.54, 1.807) is 0 Å².